The minimum absolute atomic E-state index is 0.199. The average molecular weight is 278 g/mol. The molecule has 2 unspecified atom stereocenters. The molecule has 108 valence electrons. The Bertz CT molecular complexity index is 718. The lowest BCUT2D eigenvalue weighted by molar-refractivity contribution is 0.227. The number of hydrogen-bond donors (Lipinski definition) is 0. The summed E-state index contributed by atoms with van der Waals surface area (Å²) in [7, 11) is 0. The van der Waals surface area contributed by atoms with E-state index in [-0.39, 0.29) is 10.8 Å². The van der Waals surface area contributed by atoms with Gasteiger partial charge in [0.05, 0.1) is 11.4 Å². The second-order valence-electron chi connectivity index (χ2n) is 7.39. The fraction of sp³-hybridized carbons (Fsp3) is 0.474. The van der Waals surface area contributed by atoms with E-state index in [1.165, 1.54) is 35.4 Å². The first-order chi connectivity index (χ1) is 9.95. The lowest BCUT2D eigenvalue weighted by Crippen LogP contribution is -2.32. The molecular weight excluding hydrogens is 256 g/mol. The Morgan fingerprint density at radius 1 is 1.05 bits per heavy atom. The minimum Gasteiger partial charge on any atom is -0.237 e. The number of aromatic nitrogens is 2. The number of aryl methyl sites for hydroxylation is 1. The molecule has 0 spiro atoms. The maximum atomic E-state index is 4.88. The normalized spacial score (nSPS) is 28.7. The van der Waals surface area contributed by atoms with Gasteiger partial charge in [0, 0.05) is 16.5 Å². The molecule has 2 aliphatic carbocycles. The molecule has 2 bridgehead atoms. The first-order valence-corrected chi connectivity index (χ1v) is 7.89. The van der Waals surface area contributed by atoms with Crippen LogP contribution in [0.3, 0.4) is 0 Å². The van der Waals surface area contributed by atoms with Gasteiger partial charge in [-0.25, -0.2) is 9.97 Å². The van der Waals surface area contributed by atoms with Crippen LogP contribution in [0, 0.1) is 12.3 Å². The van der Waals surface area contributed by atoms with Crippen molar-refractivity contribution in [3.63, 3.8) is 0 Å². The lowest BCUT2D eigenvalue weighted by atomic mass is 9.70. The number of fused-ring (bicyclic) bond motifs is 5. The second kappa shape index (κ2) is 3.94. The molecule has 2 nitrogen and oxygen atoms in total. The van der Waals surface area contributed by atoms with Crippen molar-refractivity contribution in [1.82, 2.24) is 9.97 Å². The van der Waals surface area contributed by atoms with Crippen LogP contribution in [0.4, 0.5) is 0 Å². The number of hydrogen-bond acceptors (Lipinski definition) is 2. The van der Waals surface area contributed by atoms with Crippen molar-refractivity contribution in [2.75, 3.05) is 0 Å². The van der Waals surface area contributed by atoms with Crippen molar-refractivity contribution in [2.24, 2.45) is 5.41 Å². The highest BCUT2D eigenvalue weighted by atomic mass is 14.9. The molecule has 0 radical (unpaired) electrons. The third-order valence-electron chi connectivity index (χ3n) is 6.20. The summed E-state index contributed by atoms with van der Waals surface area (Å²) in [6.07, 6.45) is 2.52. The van der Waals surface area contributed by atoms with Crippen LogP contribution in [0.1, 0.15) is 56.6 Å². The van der Waals surface area contributed by atoms with Gasteiger partial charge >= 0.3 is 0 Å². The quantitative estimate of drug-likeness (QED) is 0.760. The zero-order valence-corrected chi connectivity index (χ0v) is 13.3. The van der Waals surface area contributed by atoms with Gasteiger partial charge in [-0.2, -0.15) is 0 Å². The monoisotopic (exact) mass is 278 g/mol. The molecule has 1 saturated carbocycles. The summed E-state index contributed by atoms with van der Waals surface area (Å²) in [5.41, 5.74) is 5.61. The zero-order valence-electron chi connectivity index (χ0n) is 13.3. The summed E-state index contributed by atoms with van der Waals surface area (Å²) in [6, 6.07) is 10.6. The molecule has 0 N–H and O–H groups in total. The van der Waals surface area contributed by atoms with Crippen LogP contribution in [0.2, 0.25) is 0 Å². The van der Waals surface area contributed by atoms with Crippen molar-refractivity contribution < 1.29 is 0 Å². The molecule has 1 fully saturated rings. The molecular formula is C19H22N2. The van der Waals surface area contributed by atoms with Gasteiger partial charge in [0.1, 0.15) is 5.82 Å². The van der Waals surface area contributed by atoms with Gasteiger partial charge in [0.25, 0.3) is 0 Å². The first kappa shape index (κ1) is 13.0. The molecule has 0 aliphatic heterocycles. The van der Waals surface area contributed by atoms with Gasteiger partial charge < -0.3 is 0 Å². The molecule has 4 rings (SSSR count). The molecule has 1 aromatic carbocycles. The average Bonchev–Trinajstić information content (AvgIpc) is 2.79. The molecule has 0 saturated heterocycles. The Hall–Kier alpha value is -1.70. The Balaban J connectivity index is 2.03. The van der Waals surface area contributed by atoms with E-state index in [9.17, 15) is 0 Å². The maximum absolute atomic E-state index is 4.88. The van der Waals surface area contributed by atoms with Gasteiger partial charge in [-0.05, 0) is 31.1 Å². The summed E-state index contributed by atoms with van der Waals surface area (Å²) in [5, 5.41) is 0. The molecule has 2 atom stereocenters. The van der Waals surface area contributed by atoms with Crippen LogP contribution >= 0.6 is 0 Å². The largest absolute Gasteiger partial charge is 0.237 e. The van der Waals surface area contributed by atoms with Crippen LogP contribution in [0.5, 0.6) is 0 Å². The van der Waals surface area contributed by atoms with Crippen LogP contribution < -0.4 is 0 Å². The van der Waals surface area contributed by atoms with E-state index in [2.05, 4.69) is 51.1 Å². The fourth-order valence-corrected chi connectivity index (χ4v) is 4.58. The van der Waals surface area contributed by atoms with Crippen molar-refractivity contribution in [3.05, 3.63) is 47.4 Å². The molecule has 1 heterocycles. The Morgan fingerprint density at radius 2 is 1.76 bits per heavy atom. The summed E-state index contributed by atoms with van der Waals surface area (Å²) >= 11 is 0. The van der Waals surface area contributed by atoms with Gasteiger partial charge in [-0.15, -0.1) is 0 Å². The maximum Gasteiger partial charge on any atom is 0.126 e. The van der Waals surface area contributed by atoms with Crippen LogP contribution in [0.15, 0.2) is 30.3 Å². The van der Waals surface area contributed by atoms with Crippen molar-refractivity contribution in [3.8, 4) is 11.3 Å². The smallest absolute Gasteiger partial charge is 0.126 e. The van der Waals surface area contributed by atoms with Crippen LogP contribution in [0.25, 0.3) is 11.3 Å². The second-order valence-corrected chi connectivity index (χ2v) is 7.39. The molecule has 1 aromatic heterocycles. The van der Waals surface area contributed by atoms with Gasteiger partial charge in [-0.3, -0.25) is 0 Å². The van der Waals surface area contributed by atoms with Crippen LogP contribution in [-0.2, 0) is 5.41 Å². The number of benzene rings is 1. The third kappa shape index (κ3) is 1.48. The SMILES string of the molecule is Cc1nc(-c2ccccc2)c2c(n1)C1(C)CCC2C1(C)C. The van der Waals surface area contributed by atoms with Crippen molar-refractivity contribution in [1.29, 1.82) is 0 Å². The van der Waals surface area contributed by atoms with E-state index in [0.29, 0.717) is 5.92 Å². The first-order valence-electron chi connectivity index (χ1n) is 7.89. The minimum atomic E-state index is 0.199. The van der Waals surface area contributed by atoms with Crippen molar-refractivity contribution >= 4 is 0 Å². The highest BCUT2D eigenvalue weighted by molar-refractivity contribution is 5.68. The lowest BCUT2D eigenvalue weighted by Gasteiger charge is -2.34. The fourth-order valence-electron chi connectivity index (χ4n) is 4.58. The van der Waals surface area contributed by atoms with E-state index in [1.807, 2.05) is 6.92 Å². The van der Waals surface area contributed by atoms with E-state index in [4.69, 9.17) is 9.97 Å². The summed E-state index contributed by atoms with van der Waals surface area (Å²) in [4.78, 5) is 9.70. The van der Waals surface area contributed by atoms with Gasteiger partial charge in [0.2, 0.25) is 0 Å². The summed E-state index contributed by atoms with van der Waals surface area (Å²) in [5.74, 6) is 1.49. The molecule has 2 aliphatic rings. The zero-order chi connectivity index (χ0) is 14.8. The van der Waals surface area contributed by atoms with Crippen LogP contribution in [-0.4, -0.2) is 9.97 Å². The molecule has 21 heavy (non-hydrogen) atoms. The molecule has 2 aromatic rings. The van der Waals surface area contributed by atoms with Gasteiger partial charge in [-0.1, -0.05) is 51.1 Å². The number of nitrogens with zero attached hydrogens (tertiary/aromatic N) is 2. The van der Waals surface area contributed by atoms with E-state index < -0.39 is 0 Å². The Labute approximate surface area is 126 Å². The van der Waals surface area contributed by atoms with Crippen molar-refractivity contribution in [2.45, 2.75) is 51.9 Å². The molecule has 0 amide bonds. The predicted octanol–water partition coefficient (Wildman–Crippen LogP) is 4.63. The topological polar surface area (TPSA) is 25.8 Å². The highest BCUT2D eigenvalue weighted by Crippen LogP contribution is 2.68. The summed E-state index contributed by atoms with van der Waals surface area (Å²) in [6.45, 7) is 9.25. The molecule has 2 heteroatoms. The Kier molecular flexibility index (Phi) is 2.44. The third-order valence-corrected chi connectivity index (χ3v) is 6.20. The summed E-state index contributed by atoms with van der Waals surface area (Å²) < 4.78 is 0. The van der Waals surface area contributed by atoms with E-state index in [0.717, 1.165) is 5.82 Å². The number of rotatable bonds is 1. The van der Waals surface area contributed by atoms with Gasteiger partial charge in [0.15, 0.2) is 0 Å². The predicted molar refractivity (Wildman–Crippen MR) is 85.3 cm³/mol. The van der Waals surface area contributed by atoms with E-state index >= 15 is 0 Å². The Morgan fingerprint density at radius 3 is 2.48 bits per heavy atom. The van der Waals surface area contributed by atoms with E-state index in [1.54, 1.807) is 0 Å². The standard InChI is InChI=1S/C19H22N2/c1-12-20-16(13-8-6-5-7-9-13)15-14-10-11-19(4,17(15)21-12)18(14,2)3/h5-9,14H,10-11H2,1-4H3. The highest BCUT2D eigenvalue weighted by Gasteiger charge is 2.61.